The van der Waals surface area contributed by atoms with Gasteiger partial charge in [-0.25, -0.2) is 0 Å². The lowest BCUT2D eigenvalue weighted by Gasteiger charge is -2.54. The number of non-ortho nitro benzene ring substituents is 1. The van der Waals surface area contributed by atoms with Gasteiger partial charge in [-0.3, -0.25) is 14.9 Å². The van der Waals surface area contributed by atoms with E-state index in [9.17, 15) is 14.9 Å². The Bertz CT molecular complexity index is 674. The van der Waals surface area contributed by atoms with E-state index in [1.807, 2.05) is 24.9 Å². The van der Waals surface area contributed by atoms with Gasteiger partial charge in [0.1, 0.15) is 0 Å². The van der Waals surface area contributed by atoms with E-state index in [4.69, 9.17) is 0 Å². The lowest BCUT2D eigenvalue weighted by atomic mass is 9.51. The largest absolute Gasteiger partial charge is 0.339 e. The van der Waals surface area contributed by atoms with Gasteiger partial charge in [-0.2, -0.15) is 0 Å². The predicted molar refractivity (Wildman–Crippen MR) is 94.8 cm³/mol. The van der Waals surface area contributed by atoms with Gasteiger partial charge in [-0.15, -0.1) is 0 Å². The number of carbonyl (C=O) groups excluding carboxylic acids is 1. The Balaban J connectivity index is 1.52. The first-order chi connectivity index (χ1) is 11.9. The van der Waals surface area contributed by atoms with Crippen LogP contribution in [0.3, 0.4) is 0 Å². The van der Waals surface area contributed by atoms with Gasteiger partial charge in [0.15, 0.2) is 0 Å². The molecule has 1 amide bonds. The summed E-state index contributed by atoms with van der Waals surface area (Å²) in [6, 6.07) is 6.51. The average molecular weight is 342 g/mol. The van der Waals surface area contributed by atoms with Crippen LogP contribution in [0.15, 0.2) is 24.3 Å². The van der Waals surface area contributed by atoms with E-state index in [1.165, 1.54) is 38.2 Å². The molecule has 25 heavy (non-hydrogen) atoms. The Morgan fingerprint density at radius 2 is 1.76 bits per heavy atom. The maximum atomic E-state index is 13.3. The van der Waals surface area contributed by atoms with Crippen LogP contribution in [0.4, 0.5) is 5.69 Å². The normalized spacial score (nSPS) is 33.9. The molecule has 5 rings (SSSR count). The summed E-state index contributed by atoms with van der Waals surface area (Å²) in [5, 5.41) is 11.0. The Kier molecular flexibility index (Phi) is 4.05. The van der Waals surface area contributed by atoms with Crippen molar-refractivity contribution in [3.8, 4) is 0 Å². The highest BCUT2D eigenvalue weighted by molar-refractivity contribution is 5.80. The molecule has 4 aliphatic rings. The van der Waals surface area contributed by atoms with Crippen LogP contribution < -0.4 is 0 Å². The summed E-state index contributed by atoms with van der Waals surface area (Å²) in [6.45, 7) is 1.97. The molecule has 0 aliphatic heterocycles. The highest BCUT2D eigenvalue weighted by atomic mass is 16.6. The zero-order valence-electron chi connectivity index (χ0n) is 14.9. The fourth-order valence-electron chi connectivity index (χ4n) is 5.88. The van der Waals surface area contributed by atoms with Crippen molar-refractivity contribution >= 4 is 11.6 Å². The minimum absolute atomic E-state index is 0.0832. The number of carbonyl (C=O) groups is 1. The smallest absolute Gasteiger partial charge is 0.269 e. The van der Waals surface area contributed by atoms with E-state index in [2.05, 4.69) is 0 Å². The number of benzene rings is 1. The minimum Gasteiger partial charge on any atom is -0.339 e. The van der Waals surface area contributed by atoms with Crippen LogP contribution in [0.5, 0.6) is 0 Å². The Morgan fingerprint density at radius 3 is 2.32 bits per heavy atom. The SMILES string of the molecule is CC(c1cccc([N+](=O)[O-])c1)N(C)C(=O)C1C2CC3CC(C2)CC1C3. The predicted octanol–water partition coefficient (Wildman–Crippen LogP) is 4.19. The van der Waals surface area contributed by atoms with Crippen LogP contribution in [0.25, 0.3) is 0 Å². The second-order valence-electron chi connectivity index (χ2n) is 8.43. The minimum atomic E-state index is -0.379. The molecule has 4 aliphatic carbocycles. The van der Waals surface area contributed by atoms with Crippen molar-refractivity contribution in [3.63, 3.8) is 0 Å². The molecule has 0 aromatic heterocycles. The monoisotopic (exact) mass is 342 g/mol. The first kappa shape index (κ1) is 16.6. The Labute approximate surface area is 148 Å². The molecule has 5 heteroatoms. The first-order valence-electron chi connectivity index (χ1n) is 9.45. The van der Waals surface area contributed by atoms with Crippen LogP contribution in [-0.4, -0.2) is 22.8 Å². The third kappa shape index (κ3) is 2.83. The molecule has 1 atom stereocenters. The highest BCUT2D eigenvalue weighted by Gasteiger charge is 2.51. The van der Waals surface area contributed by atoms with Gasteiger partial charge in [0, 0.05) is 25.1 Å². The van der Waals surface area contributed by atoms with Crippen LogP contribution >= 0.6 is 0 Å². The zero-order chi connectivity index (χ0) is 17.7. The molecule has 0 spiro atoms. The molecular weight excluding hydrogens is 316 g/mol. The van der Waals surface area contributed by atoms with Gasteiger partial charge in [0.05, 0.1) is 11.0 Å². The number of nitrogens with zero attached hydrogens (tertiary/aromatic N) is 2. The molecule has 1 unspecified atom stereocenters. The zero-order valence-corrected chi connectivity index (χ0v) is 14.9. The first-order valence-corrected chi connectivity index (χ1v) is 9.45. The molecule has 0 heterocycles. The topological polar surface area (TPSA) is 63.5 Å². The lowest BCUT2D eigenvalue weighted by Crippen LogP contribution is -2.51. The van der Waals surface area contributed by atoms with Crippen molar-refractivity contribution in [2.75, 3.05) is 7.05 Å². The van der Waals surface area contributed by atoms with Crippen molar-refractivity contribution in [1.29, 1.82) is 0 Å². The highest BCUT2D eigenvalue weighted by Crippen LogP contribution is 2.57. The third-order valence-corrected chi connectivity index (χ3v) is 7.00. The summed E-state index contributed by atoms with van der Waals surface area (Å²) < 4.78 is 0. The van der Waals surface area contributed by atoms with Gasteiger partial charge < -0.3 is 4.90 Å². The summed E-state index contributed by atoms with van der Waals surface area (Å²) in [6.07, 6.45) is 6.28. The molecular formula is C20H26N2O3. The summed E-state index contributed by atoms with van der Waals surface area (Å²) in [4.78, 5) is 25.7. The van der Waals surface area contributed by atoms with Gasteiger partial charge in [-0.1, -0.05) is 12.1 Å². The molecule has 1 aromatic rings. The molecule has 1 aromatic carbocycles. The van der Waals surface area contributed by atoms with Gasteiger partial charge in [0.2, 0.25) is 5.91 Å². The second-order valence-corrected chi connectivity index (χ2v) is 8.43. The second kappa shape index (κ2) is 6.11. The van der Waals surface area contributed by atoms with E-state index in [0.29, 0.717) is 11.8 Å². The maximum Gasteiger partial charge on any atom is 0.269 e. The fourth-order valence-corrected chi connectivity index (χ4v) is 5.88. The number of amides is 1. The van der Waals surface area contributed by atoms with E-state index in [0.717, 1.165) is 17.4 Å². The van der Waals surface area contributed by atoms with Crippen molar-refractivity contribution in [2.45, 2.75) is 45.1 Å². The van der Waals surface area contributed by atoms with Crippen LogP contribution in [0.1, 0.15) is 50.6 Å². The van der Waals surface area contributed by atoms with Crippen molar-refractivity contribution < 1.29 is 9.72 Å². The Morgan fingerprint density at radius 1 is 1.16 bits per heavy atom. The molecule has 4 fully saturated rings. The van der Waals surface area contributed by atoms with Crippen LogP contribution in [0, 0.1) is 39.7 Å². The summed E-state index contributed by atoms with van der Waals surface area (Å²) in [5.41, 5.74) is 0.911. The number of nitro benzene ring substituents is 1. The quantitative estimate of drug-likeness (QED) is 0.609. The van der Waals surface area contributed by atoms with Crippen molar-refractivity contribution in [2.24, 2.45) is 29.6 Å². The van der Waals surface area contributed by atoms with Gasteiger partial charge in [0.25, 0.3) is 5.69 Å². The van der Waals surface area contributed by atoms with Gasteiger partial charge >= 0.3 is 0 Å². The van der Waals surface area contributed by atoms with Crippen LogP contribution in [0.2, 0.25) is 0 Å². The van der Waals surface area contributed by atoms with E-state index in [1.54, 1.807) is 12.1 Å². The molecule has 0 radical (unpaired) electrons. The fraction of sp³-hybridized carbons (Fsp3) is 0.650. The van der Waals surface area contributed by atoms with Crippen LogP contribution in [-0.2, 0) is 4.79 Å². The third-order valence-electron chi connectivity index (χ3n) is 7.00. The molecule has 134 valence electrons. The summed E-state index contributed by atoms with van der Waals surface area (Å²) in [5.74, 6) is 3.23. The number of nitro groups is 1. The maximum absolute atomic E-state index is 13.3. The lowest BCUT2D eigenvalue weighted by molar-refractivity contribution is -0.384. The number of hydrogen-bond donors (Lipinski definition) is 0. The number of rotatable bonds is 4. The average Bonchev–Trinajstić information content (AvgIpc) is 2.59. The van der Waals surface area contributed by atoms with E-state index in [-0.39, 0.29) is 28.5 Å². The van der Waals surface area contributed by atoms with Gasteiger partial charge in [-0.05, 0) is 68.3 Å². The summed E-state index contributed by atoms with van der Waals surface area (Å²) >= 11 is 0. The van der Waals surface area contributed by atoms with Crippen molar-refractivity contribution in [1.82, 2.24) is 4.90 Å². The Hall–Kier alpha value is -1.91. The van der Waals surface area contributed by atoms with Crippen molar-refractivity contribution in [3.05, 3.63) is 39.9 Å². The standard InChI is InChI=1S/C20H26N2O3/c1-12(15-4-3-5-18(11-15)22(24)25)21(2)20(23)19-16-7-13-6-14(9-16)10-17(19)8-13/h3-5,11-14,16-17,19H,6-10H2,1-2H3. The molecule has 4 saturated carbocycles. The van der Waals surface area contributed by atoms with E-state index < -0.39 is 0 Å². The number of hydrogen-bond acceptors (Lipinski definition) is 3. The molecule has 0 saturated heterocycles. The molecule has 4 bridgehead atoms. The summed E-state index contributed by atoms with van der Waals surface area (Å²) in [7, 11) is 1.86. The molecule has 0 N–H and O–H groups in total. The molecule has 5 nitrogen and oxygen atoms in total. The van der Waals surface area contributed by atoms with E-state index >= 15 is 0 Å².